The molecule has 104 valence electrons. The van der Waals surface area contributed by atoms with Crippen LogP contribution in [0.25, 0.3) is 0 Å². The van der Waals surface area contributed by atoms with Crippen molar-refractivity contribution >= 4 is 40.1 Å². The Hall–Kier alpha value is 0.670. The lowest BCUT2D eigenvalue weighted by molar-refractivity contribution is 0.0222. The summed E-state index contributed by atoms with van der Waals surface area (Å²) in [5, 5.41) is 9.48. The molecule has 0 aromatic rings. The molecule has 2 aliphatic rings. The molecule has 0 aromatic heterocycles. The van der Waals surface area contributed by atoms with Gasteiger partial charge in [0.1, 0.15) is 15.7 Å². The molecule has 6 atom stereocenters. The van der Waals surface area contributed by atoms with E-state index in [-0.39, 0.29) is 41.3 Å². The Morgan fingerprint density at radius 1 is 1.21 bits per heavy atom. The van der Waals surface area contributed by atoms with Crippen molar-refractivity contribution in [3.8, 4) is 0 Å². The van der Waals surface area contributed by atoms with Gasteiger partial charge in [-0.15, -0.1) is 11.8 Å². The molecule has 0 amide bonds. The molecule has 0 unspecified atom stereocenters. The van der Waals surface area contributed by atoms with Crippen molar-refractivity contribution in [3.05, 3.63) is 0 Å². The van der Waals surface area contributed by atoms with Crippen LogP contribution < -0.4 is 0 Å². The van der Waals surface area contributed by atoms with E-state index in [4.69, 9.17) is 35.0 Å². The maximum atomic E-state index is 9.17. The molecule has 2 fully saturated rings. The molecule has 4 nitrogen and oxygen atoms in total. The van der Waals surface area contributed by atoms with Gasteiger partial charge in [0.2, 0.25) is 0 Å². The third-order valence-corrected chi connectivity index (χ3v) is 5.08. The predicted octanol–water partition coefficient (Wildman–Crippen LogP) is -0.0800. The zero-order valence-electron chi connectivity index (χ0n) is 10.7. The van der Waals surface area contributed by atoms with Gasteiger partial charge >= 0.3 is 0 Å². The predicted molar refractivity (Wildman–Crippen MR) is 80.1 cm³/mol. The largest absolute Gasteiger partial charge is 0.394 e. The maximum Gasteiger partial charge on any atom is 0.109 e. The number of ether oxygens (including phenoxy) is 3. The summed E-state index contributed by atoms with van der Waals surface area (Å²) in [7, 11) is 11.4. The lowest BCUT2D eigenvalue weighted by atomic mass is 9.97. The van der Waals surface area contributed by atoms with Crippen LogP contribution in [0.1, 0.15) is 12.8 Å². The molecule has 0 saturated carbocycles. The normalized spacial score (nSPS) is 42.8. The molecule has 0 bridgehead atoms. The van der Waals surface area contributed by atoms with Gasteiger partial charge in [-0.25, -0.2) is 0 Å². The molecule has 8 heteroatoms. The number of rotatable bonds is 6. The molecule has 1 N–H and O–H groups in total. The van der Waals surface area contributed by atoms with Crippen molar-refractivity contribution in [2.75, 3.05) is 19.2 Å². The first-order chi connectivity index (χ1) is 9.10. The first kappa shape index (κ1) is 16.0. The van der Waals surface area contributed by atoms with Crippen LogP contribution in [-0.4, -0.2) is 74.7 Å². The average Bonchev–Trinajstić information content (AvgIpc) is 2.87. The summed E-state index contributed by atoms with van der Waals surface area (Å²) < 4.78 is 16.5. The minimum Gasteiger partial charge on any atom is -0.394 e. The van der Waals surface area contributed by atoms with Gasteiger partial charge in [0.05, 0.1) is 31.4 Å². The molecule has 2 aliphatic heterocycles. The van der Waals surface area contributed by atoms with Crippen molar-refractivity contribution in [2.24, 2.45) is 0 Å². The van der Waals surface area contributed by atoms with Gasteiger partial charge in [-0.3, -0.25) is 0 Å². The number of aliphatic hydroxyl groups excluding tert-OH is 1. The fraction of sp³-hybridized carbons (Fsp3) is 1.00. The SMILES string of the molecule is [B][C@H]1C[C@@H](S)[C@@H](COCS[C@@H]2C[C@H]([B])O[C@@H]2CO)O1. The summed E-state index contributed by atoms with van der Waals surface area (Å²) in [4.78, 5) is 0. The Balaban J connectivity index is 1.61. The van der Waals surface area contributed by atoms with Gasteiger partial charge in [0.25, 0.3) is 0 Å². The van der Waals surface area contributed by atoms with E-state index < -0.39 is 0 Å². The minimum absolute atomic E-state index is 0.00926. The van der Waals surface area contributed by atoms with Crippen molar-refractivity contribution in [2.45, 2.75) is 47.6 Å². The average molecular weight is 300 g/mol. The second-order valence-electron chi connectivity index (χ2n) is 4.84. The van der Waals surface area contributed by atoms with Crippen molar-refractivity contribution < 1.29 is 19.3 Å². The van der Waals surface area contributed by atoms with E-state index in [2.05, 4.69) is 12.6 Å². The molecule has 4 radical (unpaired) electrons. The van der Waals surface area contributed by atoms with Gasteiger partial charge in [-0.2, -0.15) is 12.6 Å². The third kappa shape index (κ3) is 4.58. The highest BCUT2D eigenvalue weighted by atomic mass is 32.2. The van der Waals surface area contributed by atoms with E-state index in [0.29, 0.717) is 12.5 Å². The van der Waals surface area contributed by atoms with Gasteiger partial charge < -0.3 is 19.3 Å². The van der Waals surface area contributed by atoms with Crippen LogP contribution in [0.15, 0.2) is 0 Å². The van der Waals surface area contributed by atoms with Crippen molar-refractivity contribution in [3.63, 3.8) is 0 Å². The minimum atomic E-state index is -0.285. The third-order valence-electron chi connectivity index (χ3n) is 3.31. The molecule has 2 saturated heterocycles. The van der Waals surface area contributed by atoms with Gasteiger partial charge in [-0.1, -0.05) is 0 Å². The Morgan fingerprint density at radius 2 is 1.89 bits per heavy atom. The number of thiol groups is 1. The quantitative estimate of drug-likeness (QED) is 0.311. The number of hydrogen-bond acceptors (Lipinski definition) is 6. The highest BCUT2D eigenvalue weighted by Crippen LogP contribution is 2.30. The topological polar surface area (TPSA) is 47.9 Å². The summed E-state index contributed by atoms with van der Waals surface area (Å²) in [5.74, 6) is 0.521. The Labute approximate surface area is 126 Å². The van der Waals surface area contributed by atoms with Gasteiger partial charge in [-0.05, 0) is 12.8 Å². The summed E-state index contributed by atoms with van der Waals surface area (Å²) >= 11 is 6.02. The lowest BCUT2D eigenvalue weighted by Gasteiger charge is -2.18. The highest BCUT2D eigenvalue weighted by molar-refractivity contribution is 7.99. The van der Waals surface area contributed by atoms with Crippen LogP contribution in [0.4, 0.5) is 0 Å². The zero-order chi connectivity index (χ0) is 13.8. The molecular formula is C11H18B2O4S2. The van der Waals surface area contributed by atoms with Gasteiger partial charge in [0, 0.05) is 22.5 Å². The number of thioether (sulfide) groups is 1. The van der Waals surface area contributed by atoms with Crippen LogP contribution in [-0.2, 0) is 14.2 Å². The smallest absolute Gasteiger partial charge is 0.109 e. The molecule has 0 aromatic carbocycles. The molecule has 2 heterocycles. The van der Waals surface area contributed by atoms with Crippen LogP contribution in [0, 0.1) is 0 Å². The summed E-state index contributed by atoms with van der Waals surface area (Å²) in [6.07, 6.45) is 1.24. The number of aliphatic hydroxyl groups is 1. The Kier molecular flexibility index (Phi) is 6.43. The maximum absolute atomic E-state index is 9.17. The number of hydrogen-bond donors (Lipinski definition) is 2. The molecule has 19 heavy (non-hydrogen) atoms. The van der Waals surface area contributed by atoms with Gasteiger partial charge in [0.15, 0.2) is 0 Å². The van der Waals surface area contributed by atoms with Crippen molar-refractivity contribution in [1.29, 1.82) is 0 Å². The Bertz CT molecular complexity index is 287. The van der Waals surface area contributed by atoms with Crippen molar-refractivity contribution in [1.82, 2.24) is 0 Å². The van der Waals surface area contributed by atoms with E-state index in [9.17, 15) is 0 Å². The first-order valence-electron chi connectivity index (χ1n) is 6.40. The van der Waals surface area contributed by atoms with Crippen LogP contribution >= 0.6 is 24.4 Å². The lowest BCUT2D eigenvalue weighted by Crippen LogP contribution is -2.25. The Morgan fingerprint density at radius 3 is 2.53 bits per heavy atom. The summed E-state index contributed by atoms with van der Waals surface area (Å²) in [5.41, 5.74) is 0. The van der Waals surface area contributed by atoms with E-state index in [1.807, 2.05) is 0 Å². The summed E-state index contributed by atoms with van der Waals surface area (Å²) in [6, 6.07) is -0.517. The second-order valence-corrected chi connectivity index (χ2v) is 6.68. The molecule has 0 aliphatic carbocycles. The zero-order valence-corrected chi connectivity index (χ0v) is 12.4. The summed E-state index contributed by atoms with van der Waals surface area (Å²) in [6.45, 7) is 0.475. The van der Waals surface area contributed by atoms with E-state index in [1.54, 1.807) is 11.8 Å². The fourth-order valence-corrected chi connectivity index (χ4v) is 3.72. The van der Waals surface area contributed by atoms with E-state index in [0.717, 1.165) is 12.8 Å². The highest BCUT2D eigenvalue weighted by Gasteiger charge is 2.33. The van der Waals surface area contributed by atoms with E-state index >= 15 is 0 Å². The molecular weight excluding hydrogens is 282 g/mol. The van der Waals surface area contributed by atoms with Crippen LogP contribution in [0.5, 0.6) is 0 Å². The standard InChI is InChI=1S/C11H18B2O4S2/c12-10-1-8(18)7(17-10)4-15-5-19-9-2-11(13)16-6(9)3-14/h6-11,14,18H,1-5H2/t6-,7-,8-,9-,10-,11-/m1/s1. The monoisotopic (exact) mass is 300 g/mol. The fourth-order valence-electron chi connectivity index (χ4n) is 2.30. The molecule has 2 rings (SSSR count). The van der Waals surface area contributed by atoms with E-state index in [1.165, 1.54) is 0 Å². The second kappa shape index (κ2) is 7.61. The van der Waals surface area contributed by atoms with Crippen LogP contribution in [0.3, 0.4) is 0 Å². The first-order valence-corrected chi connectivity index (χ1v) is 7.97. The molecule has 0 spiro atoms. The van der Waals surface area contributed by atoms with Crippen LogP contribution in [0.2, 0.25) is 0 Å².